The third kappa shape index (κ3) is 4.81. The summed E-state index contributed by atoms with van der Waals surface area (Å²) in [6.07, 6.45) is 1.92. The fourth-order valence-electron chi connectivity index (χ4n) is 3.73. The molecule has 0 aliphatic carbocycles. The summed E-state index contributed by atoms with van der Waals surface area (Å²) in [5.41, 5.74) is 7.43. The van der Waals surface area contributed by atoms with Crippen molar-refractivity contribution in [2.24, 2.45) is 0 Å². The first kappa shape index (κ1) is 22.6. The van der Waals surface area contributed by atoms with Crippen molar-refractivity contribution in [1.29, 1.82) is 0 Å². The molecule has 3 aromatic rings. The van der Waals surface area contributed by atoms with Gasteiger partial charge in [-0.05, 0) is 53.4 Å². The van der Waals surface area contributed by atoms with Gasteiger partial charge in [-0.2, -0.15) is 0 Å². The molecule has 0 N–H and O–H groups in total. The number of benzene rings is 3. The van der Waals surface area contributed by atoms with Crippen LogP contribution in [0.3, 0.4) is 0 Å². The van der Waals surface area contributed by atoms with E-state index < -0.39 is 0 Å². The minimum absolute atomic E-state index is 0.116. The van der Waals surface area contributed by atoms with E-state index in [0.717, 1.165) is 21.2 Å². The summed E-state index contributed by atoms with van der Waals surface area (Å²) in [6.45, 7) is 6.85. The first-order valence-electron chi connectivity index (χ1n) is 9.97. The minimum atomic E-state index is 0.116. The molecule has 156 valence electrons. The Labute approximate surface area is 197 Å². The van der Waals surface area contributed by atoms with E-state index >= 15 is 0 Å². The fourth-order valence-corrected chi connectivity index (χ4v) is 4.92. The van der Waals surface area contributed by atoms with Gasteiger partial charge in [0, 0.05) is 53.9 Å². The monoisotopic (exact) mass is 526 g/mol. The van der Waals surface area contributed by atoms with Crippen molar-refractivity contribution in [1.82, 2.24) is 0 Å². The number of nitrogens with zero attached hydrogens (tertiary/aromatic N) is 2. The van der Waals surface area contributed by atoms with E-state index in [1.165, 1.54) is 27.9 Å². The Morgan fingerprint density at radius 2 is 1.40 bits per heavy atom. The lowest BCUT2D eigenvalue weighted by atomic mass is 9.83. The molecule has 0 saturated heterocycles. The van der Waals surface area contributed by atoms with E-state index in [1.54, 1.807) is 0 Å². The normalized spacial score (nSPS) is 11.8. The predicted octanol–water partition coefficient (Wildman–Crippen LogP) is 7.39. The highest BCUT2D eigenvalue weighted by Gasteiger charge is 2.23. The van der Waals surface area contributed by atoms with Crippen molar-refractivity contribution in [3.05, 3.63) is 105 Å². The van der Waals surface area contributed by atoms with Crippen LogP contribution in [0.25, 0.3) is 0 Å². The first-order chi connectivity index (χ1) is 14.3. The van der Waals surface area contributed by atoms with Crippen LogP contribution in [0.5, 0.6) is 0 Å². The summed E-state index contributed by atoms with van der Waals surface area (Å²) >= 11 is 7.73. The lowest BCUT2D eigenvalue weighted by molar-refractivity contribution is 0.943. The smallest absolute Gasteiger partial charge is 0.0377 e. The molecular formula is C26H28Br2N2. The van der Waals surface area contributed by atoms with Crippen LogP contribution in [0.1, 0.15) is 28.2 Å². The quantitative estimate of drug-likeness (QED) is 0.233. The molecule has 0 aliphatic heterocycles. The van der Waals surface area contributed by atoms with Crippen LogP contribution >= 0.6 is 31.9 Å². The van der Waals surface area contributed by atoms with Gasteiger partial charge in [-0.3, -0.25) is 0 Å². The van der Waals surface area contributed by atoms with Crippen LogP contribution < -0.4 is 9.80 Å². The van der Waals surface area contributed by atoms with Gasteiger partial charge in [0.05, 0.1) is 0 Å². The molecule has 1 unspecified atom stereocenters. The molecule has 2 nitrogen and oxygen atoms in total. The van der Waals surface area contributed by atoms with Crippen LogP contribution in [0.2, 0.25) is 0 Å². The molecule has 4 heteroatoms. The molecule has 0 bridgehead atoms. The van der Waals surface area contributed by atoms with Crippen LogP contribution in [0.4, 0.5) is 11.4 Å². The maximum Gasteiger partial charge on any atom is 0.0377 e. The van der Waals surface area contributed by atoms with Crippen molar-refractivity contribution in [3.63, 3.8) is 0 Å². The van der Waals surface area contributed by atoms with Gasteiger partial charge in [0.2, 0.25) is 0 Å². The second-order valence-corrected chi connectivity index (χ2v) is 9.47. The van der Waals surface area contributed by atoms with E-state index in [1.807, 2.05) is 6.08 Å². The van der Waals surface area contributed by atoms with Crippen molar-refractivity contribution in [2.75, 3.05) is 37.5 Å². The van der Waals surface area contributed by atoms with Gasteiger partial charge in [-0.15, -0.1) is 6.58 Å². The van der Waals surface area contributed by atoms with Gasteiger partial charge in [-0.1, -0.05) is 74.3 Å². The maximum atomic E-state index is 3.87. The standard InChI is InChI=1S/C26H28Br2N2/c1-6-15-30(5)20-12-14-23(25(28)17-20)26(21-10-8-7-9-18(21)2)22-13-11-19(29(3)4)16-24(22)27/h6-14,16-17,26H,1,15H2,2-5H3. The first-order valence-corrected chi connectivity index (χ1v) is 11.6. The average molecular weight is 528 g/mol. The molecule has 3 aromatic carbocycles. The molecule has 0 fully saturated rings. The highest BCUT2D eigenvalue weighted by molar-refractivity contribution is 9.10. The summed E-state index contributed by atoms with van der Waals surface area (Å²) in [5, 5.41) is 0. The van der Waals surface area contributed by atoms with Crippen molar-refractivity contribution >= 4 is 43.2 Å². The molecule has 0 aromatic heterocycles. The number of anilines is 2. The van der Waals surface area contributed by atoms with Crippen molar-refractivity contribution in [3.8, 4) is 0 Å². The third-order valence-corrected chi connectivity index (χ3v) is 6.82. The number of hydrogen-bond acceptors (Lipinski definition) is 2. The van der Waals surface area contributed by atoms with Gasteiger partial charge in [0.15, 0.2) is 0 Å². The number of halogens is 2. The summed E-state index contributed by atoms with van der Waals surface area (Å²) in [4.78, 5) is 4.31. The zero-order valence-corrected chi connectivity index (χ0v) is 21.2. The predicted molar refractivity (Wildman–Crippen MR) is 138 cm³/mol. The number of likely N-dealkylation sites (N-methyl/N-ethyl adjacent to an activating group) is 1. The van der Waals surface area contributed by atoms with Crippen molar-refractivity contribution in [2.45, 2.75) is 12.8 Å². The van der Waals surface area contributed by atoms with E-state index in [4.69, 9.17) is 0 Å². The number of rotatable bonds is 7. The van der Waals surface area contributed by atoms with Gasteiger partial charge in [0.1, 0.15) is 0 Å². The Bertz CT molecular complexity index is 1040. The Balaban J connectivity index is 2.17. The average Bonchev–Trinajstić information content (AvgIpc) is 2.71. The van der Waals surface area contributed by atoms with E-state index in [9.17, 15) is 0 Å². The summed E-state index contributed by atoms with van der Waals surface area (Å²) in [6, 6.07) is 21.9. The molecule has 0 saturated carbocycles. The molecule has 0 spiro atoms. The Kier molecular flexibility index (Phi) is 7.43. The Morgan fingerprint density at radius 1 is 0.833 bits per heavy atom. The fraction of sp³-hybridized carbons (Fsp3) is 0.231. The molecule has 0 amide bonds. The van der Waals surface area contributed by atoms with Crippen LogP contribution in [-0.2, 0) is 0 Å². The minimum Gasteiger partial charge on any atom is -0.378 e. The molecule has 0 aliphatic rings. The molecule has 30 heavy (non-hydrogen) atoms. The summed E-state index contributed by atoms with van der Waals surface area (Å²) < 4.78 is 2.22. The molecular weight excluding hydrogens is 500 g/mol. The van der Waals surface area contributed by atoms with E-state index in [0.29, 0.717) is 0 Å². The maximum absolute atomic E-state index is 3.87. The second kappa shape index (κ2) is 9.84. The van der Waals surface area contributed by atoms with Crippen molar-refractivity contribution < 1.29 is 0 Å². The number of aryl methyl sites for hydroxylation is 1. The third-order valence-electron chi connectivity index (χ3n) is 5.45. The Morgan fingerprint density at radius 3 is 1.93 bits per heavy atom. The molecule has 0 heterocycles. The van der Waals surface area contributed by atoms with Crippen LogP contribution in [0.15, 0.2) is 82.3 Å². The summed E-state index contributed by atoms with van der Waals surface area (Å²) in [5.74, 6) is 0.116. The van der Waals surface area contributed by atoms with Crippen LogP contribution in [0, 0.1) is 6.92 Å². The van der Waals surface area contributed by atoms with E-state index in [2.05, 4.69) is 137 Å². The largest absolute Gasteiger partial charge is 0.378 e. The van der Waals surface area contributed by atoms with Gasteiger partial charge in [-0.25, -0.2) is 0 Å². The molecule has 1 atom stereocenters. The van der Waals surface area contributed by atoms with Gasteiger partial charge < -0.3 is 9.80 Å². The summed E-state index contributed by atoms with van der Waals surface area (Å²) in [7, 11) is 6.21. The molecule has 3 rings (SSSR count). The number of hydrogen-bond donors (Lipinski definition) is 0. The topological polar surface area (TPSA) is 6.48 Å². The van der Waals surface area contributed by atoms with E-state index in [-0.39, 0.29) is 5.92 Å². The zero-order chi connectivity index (χ0) is 21.8. The van der Waals surface area contributed by atoms with Gasteiger partial charge >= 0.3 is 0 Å². The lowest BCUT2D eigenvalue weighted by Crippen LogP contribution is -2.17. The highest BCUT2D eigenvalue weighted by Crippen LogP contribution is 2.42. The van der Waals surface area contributed by atoms with Gasteiger partial charge in [0.25, 0.3) is 0 Å². The zero-order valence-electron chi connectivity index (χ0n) is 18.0. The Hall–Kier alpha value is -2.04. The SMILES string of the molecule is C=CCN(C)c1ccc(C(c2ccccc2C)c2ccc(N(C)C)cc2Br)c(Br)c1. The highest BCUT2D eigenvalue weighted by atomic mass is 79.9. The lowest BCUT2D eigenvalue weighted by Gasteiger charge is -2.26. The second-order valence-electron chi connectivity index (χ2n) is 7.76. The van der Waals surface area contributed by atoms with Crippen LogP contribution in [-0.4, -0.2) is 27.7 Å². The molecule has 0 radical (unpaired) electrons.